The predicted octanol–water partition coefficient (Wildman–Crippen LogP) is 5.40. The third-order valence-corrected chi connectivity index (χ3v) is 6.18. The summed E-state index contributed by atoms with van der Waals surface area (Å²) in [5, 5.41) is 0. The first-order chi connectivity index (χ1) is 14.7. The zero-order chi connectivity index (χ0) is 20.2. The lowest BCUT2D eigenvalue weighted by Crippen LogP contribution is -2.30. The average Bonchev–Trinajstić information content (AvgIpc) is 3.29. The van der Waals surface area contributed by atoms with Crippen LogP contribution in [0.15, 0.2) is 85.1 Å². The molecule has 3 heterocycles. The minimum Gasteiger partial charge on any atom is -0.296 e. The Morgan fingerprint density at radius 1 is 0.867 bits per heavy atom. The molecule has 1 aliphatic rings. The molecule has 1 aliphatic heterocycles. The molecule has 0 amide bonds. The zero-order valence-corrected chi connectivity index (χ0v) is 17.1. The summed E-state index contributed by atoms with van der Waals surface area (Å²) in [6.45, 7) is 2.18. The van der Waals surface area contributed by atoms with E-state index in [0.717, 1.165) is 17.8 Å². The molecule has 6 rings (SSSR count). The van der Waals surface area contributed by atoms with Crippen molar-refractivity contribution >= 4 is 11.0 Å². The largest absolute Gasteiger partial charge is 0.296 e. The molecule has 144 valence electrons. The van der Waals surface area contributed by atoms with Crippen molar-refractivity contribution in [2.45, 2.75) is 13.3 Å². The summed E-state index contributed by atoms with van der Waals surface area (Å²) in [5.41, 5.74) is 11.0. The molecule has 3 aromatic carbocycles. The van der Waals surface area contributed by atoms with Gasteiger partial charge >= 0.3 is 0 Å². The Morgan fingerprint density at radius 3 is 2.53 bits per heavy atom. The summed E-state index contributed by atoms with van der Waals surface area (Å²) in [6.07, 6.45) is 3.05. The first kappa shape index (κ1) is 17.2. The van der Waals surface area contributed by atoms with Gasteiger partial charge in [-0.1, -0.05) is 48.5 Å². The van der Waals surface area contributed by atoms with Crippen molar-refractivity contribution < 1.29 is 4.57 Å². The molecule has 5 aromatic rings. The molecule has 3 nitrogen and oxygen atoms in total. The van der Waals surface area contributed by atoms with Crippen LogP contribution in [-0.4, -0.2) is 9.55 Å². The molecule has 0 spiro atoms. The van der Waals surface area contributed by atoms with Gasteiger partial charge in [-0.05, 0) is 47.4 Å². The van der Waals surface area contributed by atoms with Crippen LogP contribution in [0.3, 0.4) is 0 Å². The van der Waals surface area contributed by atoms with Gasteiger partial charge in [0.2, 0.25) is 5.69 Å². The second-order valence-electron chi connectivity index (χ2n) is 8.10. The third kappa shape index (κ3) is 2.52. The number of hydrogen-bond acceptors (Lipinski definition) is 1. The highest BCUT2D eigenvalue weighted by Crippen LogP contribution is 2.35. The highest BCUT2D eigenvalue weighted by Gasteiger charge is 2.24. The molecule has 0 fully saturated rings. The van der Waals surface area contributed by atoms with Crippen LogP contribution >= 0.6 is 0 Å². The first-order valence-corrected chi connectivity index (χ1v) is 10.3. The minimum absolute atomic E-state index is 0.899. The number of imidazole rings is 1. The SMILES string of the molecule is Cc1cc2nc3n(c2cc1-c1cc(-c2ccccc2)cc[n+]1C)-c1ccccc1C3. The molecule has 0 N–H and O–H groups in total. The Balaban J connectivity index is 1.57. The van der Waals surface area contributed by atoms with E-state index in [2.05, 4.69) is 108 Å². The fourth-order valence-electron chi connectivity index (χ4n) is 4.64. The van der Waals surface area contributed by atoms with Crippen molar-refractivity contribution in [2.24, 2.45) is 7.05 Å². The maximum Gasteiger partial charge on any atom is 0.213 e. The quantitative estimate of drug-likeness (QED) is 0.364. The monoisotopic (exact) mass is 388 g/mol. The molecular formula is C27H22N3+. The van der Waals surface area contributed by atoms with Crippen LogP contribution in [0, 0.1) is 6.92 Å². The van der Waals surface area contributed by atoms with Crippen LogP contribution < -0.4 is 4.57 Å². The van der Waals surface area contributed by atoms with Gasteiger partial charge in [0.15, 0.2) is 6.20 Å². The van der Waals surface area contributed by atoms with Crippen LogP contribution in [-0.2, 0) is 13.5 Å². The molecule has 0 unspecified atom stereocenters. The van der Waals surface area contributed by atoms with Crippen LogP contribution in [0.5, 0.6) is 0 Å². The minimum atomic E-state index is 0.899. The second-order valence-corrected chi connectivity index (χ2v) is 8.10. The Hall–Kier alpha value is -3.72. The van der Waals surface area contributed by atoms with Gasteiger partial charge in [-0.3, -0.25) is 4.57 Å². The Kier molecular flexibility index (Phi) is 3.66. The van der Waals surface area contributed by atoms with Crippen LogP contribution in [0.2, 0.25) is 0 Å². The van der Waals surface area contributed by atoms with Gasteiger partial charge in [-0.15, -0.1) is 0 Å². The number of benzene rings is 3. The van der Waals surface area contributed by atoms with Crippen molar-refractivity contribution in [3.05, 3.63) is 102 Å². The second kappa shape index (κ2) is 6.39. The number of rotatable bonds is 2. The van der Waals surface area contributed by atoms with E-state index in [9.17, 15) is 0 Å². The number of nitrogens with zero attached hydrogens (tertiary/aromatic N) is 3. The summed E-state index contributed by atoms with van der Waals surface area (Å²) < 4.78 is 4.53. The maximum atomic E-state index is 4.95. The summed E-state index contributed by atoms with van der Waals surface area (Å²) in [7, 11) is 2.11. The molecule has 3 heteroatoms. The average molecular weight is 388 g/mol. The molecule has 0 aliphatic carbocycles. The van der Waals surface area contributed by atoms with Crippen molar-refractivity contribution in [1.82, 2.24) is 9.55 Å². The van der Waals surface area contributed by atoms with E-state index >= 15 is 0 Å². The van der Waals surface area contributed by atoms with E-state index in [1.165, 1.54) is 44.7 Å². The van der Waals surface area contributed by atoms with Gasteiger partial charge in [0.25, 0.3) is 0 Å². The van der Waals surface area contributed by atoms with E-state index in [1.54, 1.807) is 0 Å². The number of aromatic nitrogens is 3. The van der Waals surface area contributed by atoms with Gasteiger partial charge in [-0.2, -0.15) is 0 Å². The van der Waals surface area contributed by atoms with Gasteiger partial charge in [0.1, 0.15) is 12.9 Å². The Labute approximate surface area is 175 Å². The van der Waals surface area contributed by atoms with Crippen molar-refractivity contribution in [1.29, 1.82) is 0 Å². The van der Waals surface area contributed by atoms with E-state index < -0.39 is 0 Å². The van der Waals surface area contributed by atoms with Crippen molar-refractivity contribution in [2.75, 3.05) is 0 Å². The molecular weight excluding hydrogens is 366 g/mol. The van der Waals surface area contributed by atoms with E-state index in [1.807, 2.05) is 0 Å². The van der Waals surface area contributed by atoms with Crippen molar-refractivity contribution in [3.8, 4) is 28.1 Å². The van der Waals surface area contributed by atoms with E-state index in [0.29, 0.717) is 0 Å². The number of pyridine rings is 1. The standard InChI is InChI=1S/C27H22N3/c1-18-14-23-26(30-24-11-7-6-10-21(24)16-27(30)28-23)17-22(18)25-15-20(12-13-29(25)2)19-8-4-3-5-9-19/h3-15,17H,16H2,1-2H3/q+1. The molecule has 0 saturated carbocycles. The molecule has 30 heavy (non-hydrogen) atoms. The van der Waals surface area contributed by atoms with Gasteiger partial charge in [0, 0.05) is 18.6 Å². The third-order valence-electron chi connectivity index (χ3n) is 6.18. The molecule has 0 atom stereocenters. The smallest absolute Gasteiger partial charge is 0.213 e. The highest BCUT2D eigenvalue weighted by atomic mass is 15.1. The van der Waals surface area contributed by atoms with Crippen molar-refractivity contribution in [3.63, 3.8) is 0 Å². The maximum absolute atomic E-state index is 4.95. The first-order valence-electron chi connectivity index (χ1n) is 10.3. The molecule has 0 bridgehead atoms. The number of hydrogen-bond donors (Lipinski definition) is 0. The number of para-hydroxylation sites is 1. The number of aryl methyl sites for hydroxylation is 2. The van der Waals surface area contributed by atoms with Crippen LogP contribution in [0.4, 0.5) is 0 Å². The topological polar surface area (TPSA) is 21.7 Å². The van der Waals surface area contributed by atoms with Gasteiger partial charge in [0.05, 0.1) is 22.3 Å². The predicted molar refractivity (Wildman–Crippen MR) is 121 cm³/mol. The van der Waals surface area contributed by atoms with E-state index in [-0.39, 0.29) is 0 Å². The Morgan fingerprint density at radius 2 is 1.67 bits per heavy atom. The highest BCUT2D eigenvalue weighted by molar-refractivity contribution is 5.86. The summed E-state index contributed by atoms with van der Waals surface area (Å²) in [4.78, 5) is 4.95. The summed E-state index contributed by atoms with van der Waals surface area (Å²) in [6, 6.07) is 28.2. The lowest BCUT2D eigenvalue weighted by Gasteiger charge is -2.09. The molecule has 0 saturated heterocycles. The van der Waals surface area contributed by atoms with E-state index in [4.69, 9.17) is 4.98 Å². The molecule has 2 aromatic heterocycles. The fourth-order valence-corrected chi connectivity index (χ4v) is 4.64. The van der Waals surface area contributed by atoms with Crippen LogP contribution in [0.25, 0.3) is 39.1 Å². The molecule has 0 radical (unpaired) electrons. The van der Waals surface area contributed by atoms with Gasteiger partial charge < -0.3 is 0 Å². The Bertz CT molecular complexity index is 1430. The normalized spacial score (nSPS) is 12.2. The summed E-state index contributed by atoms with van der Waals surface area (Å²) in [5.74, 6) is 1.13. The lowest BCUT2D eigenvalue weighted by molar-refractivity contribution is -0.660. The lowest BCUT2D eigenvalue weighted by atomic mass is 9.99. The summed E-state index contributed by atoms with van der Waals surface area (Å²) >= 11 is 0. The zero-order valence-electron chi connectivity index (χ0n) is 17.1. The van der Waals surface area contributed by atoms with Crippen LogP contribution in [0.1, 0.15) is 17.0 Å². The van der Waals surface area contributed by atoms with Gasteiger partial charge in [-0.25, -0.2) is 9.55 Å². The fraction of sp³-hybridized carbons (Fsp3) is 0.111. The number of fused-ring (bicyclic) bond motifs is 5.